The van der Waals surface area contributed by atoms with Crippen LogP contribution in [0.3, 0.4) is 0 Å². The van der Waals surface area contributed by atoms with Crippen LogP contribution in [0.15, 0.2) is 24.3 Å². The van der Waals surface area contributed by atoms with Gasteiger partial charge in [0, 0.05) is 31.8 Å². The van der Waals surface area contributed by atoms with Crippen molar-refractivity contribution in [1.82, 2.24) is 10.2 Å². The summed E-state index contributed by atoms with van der Waals surface area (Å²) in [6.45, 7) is 6.51. The highest BCUT2D eigenvalue weighted by Gasteiger charge is 2.22. The minimum Gasteiger partial charge on any atom is -0.379 e. The van der Waals surface area contributed by atoms with E-state index in [0.29, 0.717) is 57.1 Å². The number of amides is 2. The van der Waals surface area contributed by atoms with E-state index in [-0.39, 0.29) is 18.6 Å². The van der Waals surface area contributed by atoms with Gasteiger partial charge in [-0.2, -0.15) is 0 Å². The van der Waals surface area contributed by atoms with E-state index in [1.807, 2.05) is 13.8 Å². The Balaban J connectivity index is 1.97. The Morgan fingerprint density at radius 1 is 1.20 bits per heavy atom. The summed E-state index contributed by atoms with van der Waals surface area (Å²) < 4.78 is 36.1. The minimum absolute atomic E-state index is 0.125. The standard InChI is InChI=1S/C20H31N3O6S/c1-16(2)29-12-4-9-21-19(24)15-23(30(3,26)27)18-7-5-17(6-8-18)20(25)22-10-13-28-14-11-22/h5-8,16H,4,9-15H2,1-3H3,(H,21,24). The number of benzene rings is 1. The molecule has 1 fully saturated rings. The number of sulfonamides is 1. The molecular formula is C20H31N3O6S. The number of morpholine rings is 1. The second-order valence-corrected chi connectivity index (χ2v) is 9.25. The fraction of sp³-hybridized carbons (Fsp3) is 0.600. The normalized spacial score (nSPS) is 14.6. The Morgan fingerprint density at radius 3 is 2.40 bits per heavy atom. The third kappa shape index (κ3) is 7.58. The van der Waals surface area contributed by atoms with Crippen LogP contribution in [0.25, 0.3) is 0 Å². The van der Waals surface area contributed by atoms with Crippen molar-refractivity contribution >= 4 is 27.5 Å². The molecule has 1 aromatic carbocycles. The molecule has 0 saturated carbocycles. The van der Waals surface area contributed by atoms with Gasteiger partial charge in [-0.1, -0.05) is 0 Å². The van der Waals surface area contributed by atoms with E-state index in [9.17, 15) is 18.0 Å². The smallest absolute Gasteiger partial charge is 0.254 e. The van der Waals surface area contributed by atoms with Gasteiger partial charge in [-0.25, -0.2) is 8.42 Å². The molecule has 0 bridgehead atoms. The van der Waals surface area contributed by atoms with Crippen LogP contribution in [0.2, 0.25) is 0 Å². The number of nitrogens with zero attached hydrogens (tertiary/aromatic N) is 2. The highest BCUT2D eigenvalue weighted by Crippen LogP contribution is 2.19. The zero-order valence-electron chi connectivity index (χ0n) is 17.8. The van der Waals surface area contributed by atoms with Crippen LogP contribution in [-0.4, -0.2) is 83.5 Å². The molecule has 1 aromatic rings. The van der Waals surface area contributed by atoms with Crippen molar-refractivity contribution in [3.8, 4) is 0 Å². The van der Waals surface area contributed by atoms with E-state index in [2.05, 4.69) is 5.32 Å². The summed E-state index contributed by atoms with van der Waals surface area (Å²) >= 11 is 0. The maximum Gasteiger partial charge on any atom is 0.254 e. The van der Waals surface area contributed by atoms with Gasteiger partial charge in [-0.15, -0.1) is 0 Å². The lowest BCUT2D eigenvalue weighted by atomic mass is 10.1. The van der Waals surface area contributed by atoms with E-state index >= 15 is 0 Å². The van der Waals surface area contributed by atoms with Crippen LogP contribution >= 0.6 is 0 Å². The molecule has 0 spiro atoms. The number of carbonyl (C=O) groups excluding carboxylic acids is 2. The van der Waals surface area contributed by atoms with E-state index < -0.39 is 15.9 Å². The molecule has 0 unspecified atom stereocenters. The topological polar surface area (TPSA) is 105 Å². The van der Waals surface area contributed by atoms with Gasteiger partial charge in [0.1, 0.15) is 6.54 Å². The first kappa shape index (κ1) is 24.1. The van der Waals surface area contributed by atoms with Crippen molar-refractivity contribution in [2.24, 2.45) is 0 Å². The predicted octanol–water partition coefficient (Wildman–Crippen LogP) is 0.856. The highest BCUT2D eigenvalue weighted by molar-refractivity contribution is 7.92. The van der Waals surface area contributed by atoms with Crippen molar-refractivity contribution in [2.75, 3.05) is 56.6 Å². The summed E-state index contributed by atoms with van der Waals surface area (Å²) in [6, 6.07) is 6.23. The van der Waals surface area contributed by atoms with Crippen molar-refractivity contribution < 1.29 is 27.5 Å². The molecule has 1 saturated heterocycles. The SMILES string of the molecule is CC(C)OCCCNC(=O)CN(c1ccc(C(=O)N2CCOCC2)cc1)S(C)(=O)=O. The fourth-order valence-electron chi connectivity index (χ4n) is 2.92. The zero-order chi connectivity index (χ0) is 22.1. The van der Waals surface area contributed by atoms with E-state index in [0.717, 1.165) is 10.6 Å². The number of nitrogens with one attached hydrogen (secondary N) is 1. The minimum atomic E-state index is -3.68. The lowest BCUT2D eigenvalue weighted by Crippen LogP contribution is -2.41. The van der Waals surface area contributed by atoms with Gasteiger partial charge in [0.05, 0.1) is 31.3 Å². The Bertz CT molecular complexity index is 804. The first-order chi connectivity index (χ1) is 14.2. The van der Waals surface area contributed by atoms with E-state index in [1.165, 1.54) is 0 Å². The Kier molecular flexibility index (Phi) is 9.07. The van der Waals surface area contributed by atoms with E-state index in [1.54, 1.807) is 29.2 Å². The lowest BCUT2D eigenvalue weighted by Gasteiger charge is -2.27. The van der Waals surface area contributed by atoms with Gasteiger partial charge in [0.15, 0.2) is 0 Å². The molecule has 0 atom stereocenters. The van der Waals surface area contributed by atoms with Crippen molar-refractivity contribution in [3.63, 3.8) is 0 Å². The maximum absolute atomic E-state index is 12.5. The summed E-state index contributed by atoms with van der Waals surface area (Å²) in [5, 5.41) is 2.70. The van der Waals surface area contributed by atoms with Crippen LogP contribution < -0.4 is 9.62 Å². The van der Waals surface area contributed by atoms with Gasteiger partial charge in [-0.05, 0) is 44.5 Å². The first-order valence-electron chi connectivity index (χ1n) is 10.0. The zero-order valence-corrected chi connectivity index (χ0v) is 18.6. The van der Waals surface area contributed by atoms with Gasteiger partial charge < -0.3 is 19.7 Å². The molecule has 0 radical (unpaired) electrons. The molecule has 2 rings (SSSR count). The van der Waals surface area contributed by atoms with Crippen LogP contribution in [0.5, 0.6) is 0 Å². The monoisotopic (exact) mass is 441 g/mol. The first-order valence-corrected chi connectivity index (χ1v) is 11.9. The quantitative estimate of drug-likeness (QED) is 0.540. The molecule has 1 heterocycles. The molecule has 10 heteroatoms. The predicted molar refractivity (Wildman–Crippen MR) is 114 cm³/mol. The number of anilines is 1. The van der Waals surface area contributed by atoms with Crippen molar-refractivity contribution in [1.29, 1.82) is 0 Å². The number of carbonyl (C=O) groups is 2. The molecule has 168 valence electrons. The molecule has 0 aromatic heterocycles. The number of hydrogen-bond acceptors (Lipinski definition) is 6. The molecule has 1 aliphatic heterocycles. The Morgan fingerprint density at radius 2 is 1.83 bits per heavy atom. The summed E-state index contributed by atoms with van der Waals surface area (Å²) in [6.07, 6.45) is 1.81. The van der Waals surface area contributed by atoms with Crippen LogP contribution in [-0.2, 0) is 24.3 Å². The summed E-state index contributed by atoms with van der Waals surface area (Å²) in [7, 11) is -3.68. The largest absolute Gasteiger partial charge is 0.379 e. The molecular weight excluding hydrogens is 410 g/mol. The number of ether oxygens (including phenoxy) is 2. The van der Waals surface area contributed by atoms with Crippen molar-refractivity contribution in [3.05, 3.63) is 29.8 Å². The number of rotatable bonds is 10. The molecule has 0 aliphatic carbocycles. The van der Waals surface area contributed by atoms with Gasteiger partial charge in [-0.3, -0.25) is 13.9 Å². The lowest BCUT2D eigenvalue weighted by molar-refractivity contribution is -0.119. The summed E-state index contributed by atoms with van der Waals surface area (Å²) in [5.41, 5.74) is 0.790. The van der Waals surface area contributed by atoms with Gasteiger partial charge >= 0.3 is 0 Å². The average Bonchev–Trinajstić information content (AvgIpc) is 2.71. The number of hydrogen-bond donors (Lipinski definition) is 1. The Labute approximate surface area is 178 Å². The maximum atomic E-state index is 12.5. The third-order valence-corrected chi connectivity index (χ3v) is 5.62. The molecule has 1 N–H and O–H groups in total. The fourth-order valence-corrected chi connectivity index (χ4v) is 3.78. The van der Waals surface area contributed by atoms with Gasteiger partial charge in [0.25, 0.3) is 5.91 Å². The van der Waals surface area contributed by atoms with Gasteiger partial charge in [0.2, 0.25) is 15.9 Å². The molecule has 30 heavy (non-hydrogen) atoms. The van der Waals surface area contributed by atoms with Crippen LogP contribution in [0.1, 0.15) is 30.6 Å². The molecule has 1 aliphatic rings. The molecule has 9 nitrogen and oxygen atoms in total. The molecule has 2 amide bonds. The summed E-state index contributed by atoms with van der Waals surface area (Å²) in [4.78, 5) is 26.5. The Hall–Kier alpha value is -2.17. The summed E-state index contributed by atoms with van der Waals surface area (Å²) in [5.74, 6) is -0.532. The second-order valence-electron chi connectivity index (χ2n) is 7.34. The third-order valence-electron chi connectivity index (χ3n) is 4.48. The average molecular weight is 442 g/mol. The highest BCUT2D eigenvalue weighted by atomic mass is 32.2. The van der Waals surface area contributed by atoms with Crippen LogP contribution in [0.4, 0.5) is 5.69 Å². The van der Waals surface area contributed by atoms with Crippen LogP contribution in [0, 0.1) is 0 Å². The van der Waals surface area contributed by atoms with E-state index in [4.69, 9.17) is 9.47 Å². The second kappa shape index (κ2) is 11.3. The van der Waals surface area contributed by atoms with Crippen molar-refractivity contribution in [2.45, 2.75) is 26.4 Å².